The lowest BCUT2D eigenvalue weighted by molar-refractivity contribution is 0.198. The van der Waals surface area contributed by atoms with Crippen molar-refractivity contribution in [3.8, 4) is 6.07 Å². The molecule has 0 aliphatic heterocycles. The zero-order valence-electron chi connectivity index (χ0n) is 16.7. The molecule has 2 aromatic carbocycles. The summed E-state index contributed by atoms with van der Waals surface area (Å²) in [7, 11) is 1.68. The van der Waals surface area contributed by atoms with Crippen molar-refractivity contribution in [1.29, 1.82) is 5.26 Å². The first-order chi connectivity index (χ1) is 14.0. The number of anilines is 1. The number of nitriles is 1. The maximum Gasteiger partial charge on any atom is 0.322 e. The summed E-state index contributed by atoms with van der Waals surface area (Å²) in [5, 5.41) is 12.4. The first-order valence-corrected chi connectivity index (χ1v) is 9.53. The van der Waals surface area contributed by atoms with Crippen LogP contribution < -0.4 is 10.9 Å². The summed E-state index contributed by atoms with van der Waals surface area (Å²) in [5.41, 5.74) is 1.51. The van der Waals surface area contributed by atoms with Gasteiger partial charge >= 0.3 is 6.03 Å². The Kier molecular flexibility index (Phi) is 5.93. The lowest BCUT2D eigenvalue weighted by Gasteiger charge is -2.29. The number of hydrogen-bond donors (Lipinski definition) is 1. The largest absolute Gasteiger partial charge is 0.322 e. The third-order valence-electron chi connectivity index (χ3n) is 4.92. The van der Waals surface area contributed by atoms with Gasteiger partial charge in [-0.3, -0.25) is 9.36 Å². The van der Waals surface area contributed by atoms with Crippen molar-refractivity contribution in [3.63, 3.8) is 0 Å². The van der Waals surface area contributed by atoms with Gasteiger partial charge in [0.1, 0.15) is 5.82 Å². The fourth-order valence-electron chi connectivity index (χ4n) is 3.39. The first kappa shape index (κ1) is 20.1. The van der Waals surface area contributed by atoms with Crippen LogP contribution in [-0.2, 0) is 6.54 Å². The normalized spacial score (nSPS) is 11.7. The van der Waals surface area contributed by atoms with E-state index in [0.717, 1.165) is 0 Å². The molecule has 0 radical (unpaired) electrons. The Balaban J connectivity index is 1.97. The average molecular weight is 389 g/mol. The predicted molar refractivity (Wildman–Crippen MR) is 113 cm³/mol. The van der Waals surface area contributed by atoms with E-state index < -0.39 is 0 Å². The molecule has 7 nitrogen and oxygen atoms in total. The molecule has 3 aromatic rings. The van der Waals surface area contributed by atoms with Gasteiger partial charge in [-0.2, -0.15) is 5.26 Å². The van der Waals surface area contributed by atoms with E-state index in [9.17, 15) is 9.59 Å². The molecule has 1 atom stereocenters. The van der Waals surface area contributed by atoms with Gasteiger partial charge in [-0.25, -0.2) is 9.78 Å². The van der Waals surface area contributed by atoms with Crippen LogP contribution in [0.4, 0.5) is 10.5 Å². The molecule has 0 fully saturated rings. The molecule has 1 aromatic heterocycles. The van der Waals surface area contributed by atoms with E-state index in [1.807, 2.05) is 26.0 Å². The summed E-state index contributed by atoms with van der Waals surface area (Å²) in [6.07, 6.45) is 0.590. The number of para-hydroxylation sites is 1. The summed E-state index contributed by atoms with van der Waals surface area (Å²) in [6.45, 7) is 4.30. The van der Waals surface area contributed by atoms with Crippen molar-refractivity contribution < 1.29 is 4.79 Å². The molecule has 0 bridgehead atoms. The standard InChI is InChI=1S/C22H23N5O2/c1-4-19(26(3)22(29)24-16-10-8-9-15(13-16)14-23)20-25-18-12-7-6-11-17(18)21(28)27(20)5-2/h6-13,19H,4-5H2,1-3H3,(H,24,29). The van der Waals surface area contributed by atoms with E-state index >= 15 is 0 Å². The van der Waals surface area contributed by atoms with Gasteiger partial charge in [-0.15, -0.1) is 0 Å². The van der Waals surface area contributed by atoms with E-state index in [4.69, 9.17) is 10.2 Å². The van der Waals surface area contributed by atoms with Gasteiger partial charge in [0, 0.05) is 19.3 Å². The fourth-order valence-corrected chi connectivity index (χ4v) is 3.39. The van der Waals surface area contributed by atoms with Crippen molar-refractivity contribution >= 4 is 22.6 Å². The SMILES string of the molecule is CCC(c1nc2ccccc2c(=O)n1CC)N(C)C(=O)Nc1cccc(C#N)c1. The number of nitrogens with one attached hydrogen (secondary N) is 1. The number of fused-ring (bicyclic) bond motifs is 1. The van der Waals surface area contributed by atoms with Crippen LogP contribution in [0, 0.1) is 11.3 Å². The quantitative estimate of drug-likeness (QED) is 0.716. The maximum atomic E-state index is 12.9. The van der Waals surface area contributed by atoms with E-state index in [-0.39, 0.29) is 17.6 Å². The third-order valence-corrected chi connectivity index (χ3v) is 4.92. The summed E-state index contributed by atoms with van der Waals surface area (Å²) in [6, 6.07) is 15.3. The molecule has 148 valence electrons. The molecule has 1 N–H and O–H groups in total. The third kappa shape index (κ3) is 3.97. The number of nitrogens with zero attached hydrogens (tertiary/aromatic N) is 4. The van der Waals surface area contributed by atoms with Crippen molar-refractivity contribution in [1.82, 2.24) is 14.5 Å². The minimum absolute atomic E-state index is 0.109. The summed E-state index contributed by atoms with van der Waals surface area (Å²) in [4.78, 5) is 32.0. The second kappa shape index (κ2) is 8.57. The molecule has 3 rings (SSSR count). The van der Waals surface area contributed by atoms with Crippen LogP contribution in [0.3, 0.4) is 0 Å². The van der Waals surface area contributed by atoms with E-state index in [0.29, 0.717) is 40.9 Å². The molecule has 7 heteroatoms. The number of urea groups is 1. The number of carbonyl (C=O) groups excluding carboxylic acids is 1. The highest BCUT2D eigenvalue weighted by Gasteiger charge is 2.25. The van der Waals surface area contributed by atoms with E-state index in [2.05, 4.69) is 11.4 Å². The van der Waals surface area contributed by atoms with Crippen LogP contribution in [-0.4, -0.2) is 27.5 Å². The van der Waals surface area contributed by atoms with Gasteiger partial charge in [0.2, 0.25) is 0 Å². The Morgan fingerprint density at radius 1 is 1.24 bits per heavy atom. The van der Waals surface area contributed by atoms with Gasteiger partial charge in [0.25, 0.3) is 5.56 Å². The Labute approximate surface area is 169 Å². The van der Waals surface area contributed by atoms with Crippen LogP contribution in [0.2, 0.25) is 0 Å². The molecule has 29 heavy (non-hydrogen) atoms. The van der Waals surface area contributed by atoms with Crippen LogP contribution in [0.15, 0.2) is 53.3 Å². The smallest absolute Gasteiger partial charge is 0.317 e. The highest BCUT2D eigenvalue weighted by atomic mass is 16.2. The summed E-state index contributed by atoms with van der Waals surface area (Å²) >= 11 is 0. The van der Waals surface area contributed by atoms with Gasteiger partial charge < -0.3 is 10.2 Å². The minimum Gasteiger partial charge on any atom is -0.317 e. The van der Waals surface area contributed by atoms with Gasteiger partial charge in [-0.05, 0) is 43.7 Å². The lowest BCUT2D eigenvalue weighted by atomic mass is 10.1. The molecule has 0 aliphatic carbocycles. The van der Waals surface area contributed by atoms with Crippen LogP contribution in [0.1, 0.15) is 37.7 Å². The number of hydrogen-bond acceptors (Lipinski definition) is 4. The second-order valence-corrected chi connectivity index (χ2v) is 6.69. The Morgan fingerprint density at radius 3 is 2.69 bits per heavy atom. The molecular formula is C22H23N5O2. The lowest BCUT2D eigenvalue weighted by Crippen LogP contribution is -2.38. The number of aromatic nitrogens is 2. The van der Waals surface area contributed by atoms with Crippen LogP contribution in [0.5, 0.6) is 0 Å². The van der Waals surface area contributed by atoms with E-state index in [1.165, 1.54) is 0 Å². The molecule has 0 saturated carbocycles. The number of amides is 2. The number of rotatable bonds is 5. The molecule has 1 unspecified atom stereocenters. The first-order valence-electron chi connectivity index (χ1n) is 9.53. The highest BCUT2D eigenvalue weighted by molar-refractivity contribution is 5.89. The van der Waals surface area contributed by atoms with Gasteiger partial charge in [0.15, 0.2) is 0 Å². The highest BCUT2D eigenvalue weighted by Crippen LogP contribution is 2.23. The second-order valence-electron chi connectivity index (χ2n) is 6.69. The Morgan fingerprint density at radius 2 is 2.00 bits per heavy atom. The van der Waals surface area contributed by atoms with Gasteiger partial charge in [-0.1, -0.05) is 25.1 Å². The maximum absolute atomic E-state index is 12.9. The summed E-state index contributed by atoms with van der Waals surface area (Å²) < 4.78 is 1.62. The molecular weight excluding hydrogens is 366 g/mol. The fraction of sp³-hybridized carbons (Fsp3) is 0.273. The van der Waals surface area contributed by atoms with Gasteiger partial charge in [0.05, 0.1) is 28.6 Å². The topological polar surface area (TPSA) is 91.0 Å². The van der Waals surface area contributed by atoms with Crippen molar-refractivity contribution in [2.45, 2.75) is 32.9 Å². The zero-order valence-corrected chi connectivity index (χ0v) is 16.7. The molecule has 2 amide bonds. The Bertz CT molecular complexity index is 1150. The monoisotopic (exact) mass is 389 g/mol. The van der Waals surface area contributed by atoms with Crippen molar-refractivity contribution in [3.05, 3.63) is 70.3 Å². The van der Waals surface area contributed by atoms with Crippen LogP contribution >= 0.6 is 0 Å². The molecule has 1 heterocycles. The van der Waals surface area contributed by atoms with Crippen LogP contribution in [0.25, 0.3) is 10.9 Å². The zero-order chi connectivity index (χ0) is 21.0. The Hall–Kier alpha value is -3.66. The van der Waals surface area contributed by atoms with Crippen molar-refractivity contribution in [2.24, 2.45) is 0 Å². The predicted octanol–water partition coefficient (Wildman–Crippen LogP) is 3.90. The molecule has 0 saturated heterocycles. The molecule has 0 aliphatic rings. The number of benzene rings is 2. The van der Waals surface area contributed by atoms with Crippen molar-refractivity contribution in [2.75, 3.05) is 12.4 Å². The number of carbonyl (C=O) groups is 1. The average Bonchev–Trinajstić information content (AvgIpc) is 2.74. The molecule has 0 spiro atoms. The van der Waals surface area contributed by atoms with E-state index in [1.54, 1.807) is 52.9 Å². The summed E-state index contributed by atoms with van der Waals surface area (Å²) in [5.74, 6) is 0.558. The minimum atomic E-state index is -0.383.